The Hall–Kier alpha value is -1.14. The van der Waals surface area contributed by atoms with Crippen LogP contribution in [0.25, 0.3) is 0 Å². The van der Waals surface area contributed by atoms with Crippen molar-refractivity contribution in [3.05, 3.63) is 32.8 Å². The van der Waals surface area contributed by atoms with E-state index in [-0.39, 0.29) is 17.2 Å². The lowest BCUT2D eigenvalue weighted by atomic mass is 10.1. The largest absolute Gasteiger partial charge is 0.396 e. The van der Waals surface area contributed by atoms with E-state index in [4.69, 9.17) is 5.11 Å². The average Bonchev–Trinajstić information content (AvgIpc) is 2.84. The second-order valence-electron chi connectivity index (χ2n) is 5.03. The summed E-state index contributed by atoms with van der Waals surface area (Å²) in [5, 5.41) is 23.2. The molecular weight excluding hydrogens is 312 g/mol. The summed E-state index contributed by atoms with van der Waals surface area (Å²) in [5.41, 5.74) is 0.645. The Morgan fingerprint density at radius 2 is 2.16 bits per heavy atom. The van der Waals surface area contributed by atoms with Crippen molar-refractivity contribution < 1.29 is 10.0 Å². The van der Waals surface area contributed by atoms with E-state index >= 15 is 0 Å². The van der Waals surface area contributed by atoms with Gasteiger partial charge in [0.2, 0.25) is 0 Å². The van der Waals surface area contributed by atoms with E-state index < -0.39 is 0 Å². The number of hydrogen-bond acceptors (Lipinski definition) is 4. The quantitative estimate of drug-likeness (QED) is 0.643. The summed E-state index contributed by atoms with van der Waals surface area (Å²) in [6, 6.07) is 4.90. The van der Waals surface area contributed by atoms with Gasteiger partial charge in [0.15, 0.2) is 0 Å². The maximum atomic E-state index is 10.9. The van der Waals surface area contributed by atoms with Crippen molar-refractivity contribution >= 4 is 27.3 Å². The van der Waals surface area contributed by atoms with E-state index in [0.717, 1.165) is 23.7 Å². The summed E-state index contributed by atoms with van der Waals surface area (Å²) >= 11 is 3.32. The molecule has 1 aliphatic rings. The first-order chi connectivity index (χ1) is 9.10. The number of nitro groups is 1. The van der Waals surface area contributed by atoms with Gasteiger partial charge in [0.05, 0.1) is 4.92 Å². The molecule has 0 aromatic heterocycles. The standard InChI is InChI=1S/C13H17BrN2O3/c14-11-3-4-13(16(18)19)12(6-11)15-7-9-1-2-10(5-9)8-17/h3-4,6,9-10,15,17H,1-2,5,7-8H2/t9-,10+/m0/s1. The number of aliphatic hydroxyl groups is 1. The highest BCUT2D eigenvalue weighted by atomic mass is 79.9. The fourth-order valence-electron chi connectivity index (χ4n) is 2.59. The third kappa shape index (κ3) is 3.67. The van der Waals surface area contributed by atoms with Crippen LogP contribution in [0.2, 0.25) is 0 Å². The molecule has 19 heavy (non-hydrogen) atoms. The fraction of sp³-hybridized carbons (Fsp3) is 0.538. The van der Waals surface area contributed by atoms with Crippen LogP contribution in [0.15, 0.2) is 22.7 Å². The van der Waals surface area contributed by atoms with Crippen LogP contribution in [0.1, 0.15) is 19.3 Å². The number of benzene rings is 1. The predicted octanol–water partition coefficient (Wildman–Crippen LogP) is 3.18. The van der Waals surface area contributed by atoms with Gasteiger partial charge in [-0.15, -0.1) is 0 Å². The lowest BCUT2D eigenvalue weighted by molar-refractivity contribution is -0.384. The van der Waals surface area contributed by atoms with Crippen LogP contribution in [0.3, 0.4) is 0 Å². The van der Waals surface area contributed by atoms with Gasteiger partial charge in [-0.25, -0.2) is 0 Å². The van der Waals surface area contributed by atoms with E-state index in [2.05, 4.69) is 21.2 Å². The molecule has 6 heteroatoms. The number of halogens is 1. The molecule has 1 aromatic rings. The summed E-state index contributed by atoms with van der Waals surface area (Å²) in [4.78, 5) is 10.6. The highest BCUT2D eigenvalue weighted by Gasteiger charge is 2.24. The predicted molar refractivity (Wildman–Crippen MR) is 77.2 cm³/mol. The lowest BCUT2D eigenvalue weighted by Gasteiger charge is -2.13. The summed E-state index contributed by atoms with van der Waals surface area (Å²) in [6.07, 6.45) is 3.11. The number of aliphatic hydroxyl groups excluding tert-OH is 1. The van der Waals surface area contributed by atoms with Crippen molar-refractivity contribution in [1.82, 2.24) is 0 Å². The number of nitrogens with zero attached hydrogens (tertiary/aromatic N) is 1. The molecule has 2 N–H and O–H groups in total. The van der Waals surface area contributed by atoms with Crippen molar-refractivity contribution in [2.75, 3.05) is 18.5 Å². The minimum Gasteiger partial charge on any atom is -0.396 e. The summed E-state index contributed by atoms with van der Waals surface area (Å²) < 4.78 is 0.820. The van der Waals surface area contributed by atoms with Gasteiger partial charge in [-0.1, -0.05) is 15.9 Å². The van der Waals surface area contributed by atoms with Crippen LogP contribution in [0.5, 0.6) is 0 Å². The summed E-state index contributed by atoms with van der Waals surface area (Å²) in [5.74, 6) is 0.875. The van der Waals surface area contributed by atoms with Crippen LogP contribution < -0.4 is 5.32 Å². The molecule has 1 fully saturated rings. The molecule has 0 aliphatic heterocycles. The van der Waals surface area contributed by atoms with Crippen LogP contribution >= 0.6 is 15.9 Å². The number of nitro benzene ring substituents is 1. The Bertz CT molecular complexity index is 467. The van der Waals surface area contributed by atoms with Crippen LogP contribution in [-0.2, 0) is 0 Å². The van der Waals surface area contributed by atoms with Crippen LogP contribution in [0.4, 0.5) is 11.4 Å². The van der Waals surface area contributed by atoms with E-state index in [0.29, 0.717) is 24.1 Å². The lowest BCUT2D eigenvalue weighted by Crippen LogP contribution is -2.13. The Kier molecular flexibility index (Phi) is 4.76. The van der Waals surface area contributed by atoms with Gasteiger partial charge >= 0.3 is 0 Å². The molecule has 1 saturated carbocycles. The van der Waals surface area contributed by atoms with E-state index in [1.165, 1.54) is 6.07 Å². The smallest absolute Gasteiger partial charge is 0.292 e. The van der Waals surface area contributed by atoms with E-state index in [1.807, 2.05) is 0 Å². The molecule has 0 unspecified atom stereocenters. The van der Waals surface area contributed by atoms with Gasteiger partial charge in [0.1, 0.15) is 5.69 Å². The Morgan fingerprint density at radius 3 is 2.79 bits per heavy atom. The molecule has 2 atom stereocenters. The van der Waals surface area contributed by atoms with Gasteiger partial charge in [-0.3, -0.25) is 10.1 Å². The zero-order valence-corrected chi connectivity index (χ0v) is 12.1. The monoisotopic (exact) mass is 328 g/mol. The number of nitrogens with one attached hydrogen (secondary N) is 1. The normalized spacial score (nSPS) is 22.4. The highest BCUT2D eigenvalue weighted by molar-refractivity contribution is 9.10. The molecule has 0 amide bonds. The Balaban J connectivity index is 1.99. The van der Waals surface area contributed by atoms with E-state index in [1.54, 1.807) is 12.1 Å². The topological polar surface area (TPSA) is 75.4 Å². The van der Waals surface area contributed by atoms with Gasteiger partial charge < -0.3 is 10.4 Å². The molecule has 104 valence electrons. The SMILES string of the molecule is O=[N+]([O-])c1ccc(Br)cc1NC[C@H]1CC[C@@H](CO)C1. The van der Waals surface area contributed by atoms with Gasteiger partial charge in [-0.05, 0) is 43.2 Å². The van der Waals surface area contributed by atoms with Gasteiger partial charge in [0, 0.05) is 23.7 Å². The third-order valence-electron chi connectivity index (χ3n) is 3.64. The number of anilines is 1. The second kappa shape index (κ2) is 6.34. The van der Waals surface area contributed by atoms with Crippen molar-refractivity contribution in [2.45, 2.75) is 19.3 Å². The first kappa shape index (κ1) is 14.3. The molecular formula is C13H17BrN2O3. The molecule has 0 saturated heterocycles. The van der Waals surface area contributed by atoms with Crippen molar-refractivity contribution in [3.8, 4) is 0 Å². The zero-order chi connectivity index (χ0) is 13.8. The molecule has 1 aliphatic carbocycles. The zero-order valence-electron chi connectivity index (χ0n) is 10.5. The Labute approximate surface area is 120 Å². The maximum absolute atomic E-state index is 10.9. The minimum absolute atomic E-state index is 0.0971. The van der Waals surface area contributed by atoms with E-state index in [9.17, 15) is 10.1 Å². The summed E-state index contributed by atoms with van der Waals surface area (Å²) in [6.45, 7) is 0.960. The third-order valence-corrected chi connectivity index (χ3v) is 4.14. The molecule has 5 nitrogen and oxygen atoms in total. The summed E-state index contributed by atoms with van der Waals surface area (Å²) in [7, 11) is 0. The van der Waals surface area contributed by atoms with Crippen LogP contribution in [0, 0.1) is 22.0 Å². The molecule has 0 bridgehead atoms. The van der Waals surface area contributed by atoms with Crippen molar-refractivity contribution in [2.24, 2.45) is 11.8 Å². The van der Waals surface area contributed by atoms with Crippen molar-refractivity contribution in [3.63, 3.8) is 0 Å². The molecule has 0 radical (unpaired) electrons. The molecule has 0 spiro atoms. The molecule has 2 rings (SSSR count). The van der Waals surface area contributed by atoms with Crippen LogP contribution in [-0.4, -0.2) is 23.2 Å². The maximum Gasteiger partial charge on any atom is 0.292 e. The molecule has 1 aromatic carbocycles. The first-order valence-electron chi connectivity index (χ1n) is 6.39. The Morgan fingerprint density at radius 1 is 1.42 bits per heavy atom. The first-order valence-corrected chi connectivity index (χ1v) is 7.18. The van der Waals surface area contributed by atoms with Crippen molar-refractivity contribution in [1.29, 1.82) is 0 Å². The minimum atomic E-state index is -0.375. The molecule has 0 heterocycles. The van der Waals surface area contributed by atoms with Gasteiger partial charge in [-0.2, -0.15) is 0 Å². The second-order valence-corrected chi connectivity index (χ2v) is 5.94. The fourth-order valence-corrected chi connectivity index (χ4v) is 2.95. The number of hydrogen-bond donors (Lipinski definition) is 2. The highest BCUT2D eigenvalue weighted by Crippen LogP contribution is 2.32. The average molecular weight is 329 g/mol. The van der Waals surface area contributed by atoms with Gasteiger partial charge in [0.25, 0.3) is 5.69 Å². The number of rotatable bonds is 5.